The first-order valence-electron chi connectivity index (χ1n) is 5.05. The lowest BCUT2D eigenvalue weighted by atomic mass is 10.2. The van der Waals surface area contributed by atoms with Gasteiger partial charge in [-0.2, -0.15) is 0 Å². The number of hydrogen-bond donors (Lipinski definition) is 1. The molecule has 19 heavy (non-hydrogen) atoms. The number of amides is 1. The van der Waals surface area contributed by atoms with Crippen molar-refractivity contribution in [3.63, 3.8) is 0 Å². The Labute approximate surface area is 124 Å². The van der Waals surface area contributed by atoms with E-state index in [1.54, 1.807) is 6.07 Å². The number of nitrogens with one attached hydrogen (secondary N) is 1. The zero-order chi connectivity index (χ0) is 14.0. The van der Waals surface area contributed by atoms with Crippen molar-refractivity contribution in [3.05, 3.63) is 56.7 Å². The van der Waals surface area contributed by atoms with Crippen LogP contribution < -0.4 is 5.32 Å². The molecule has 0 fully saturated rings. The van der Waals surface area contributed by atoms with Crippen LogP contribution in [0.4, 0.5) is 14.5 Å². The van der Waals surface area contributed by atoms with E-state index in [4.69, 9.17) is 0 Å². The number of halogens is 4. The first-order chi connectivity index (χ1) is 8.99. The largest absolute Gasteiger partial charge is 0.319 e. The van der Waals surface area contributed by atoms with Gasteiger partial charge in [-0.3, -0.25) is 4.79 Å². The molecule has 7 heteroatoms. The van der Waals surface area contributed by atoms with Crippen LogP contribution in [0.15, 0.2) is 39.5 Å². The number of hydrogen-bond acceptors (Lipinski definition) is 2. The third-order valence-electron chi connectivity index (χ3n) is 2.26. The average molecular weight is 392 g/mol. The van der Waals surface area contributed by atoms with Crippen molar-refractivity contribution >= 4 is 43.5 Å². The highest BCUT2D eigenvalue weighted by atomic mass is 79.9. The topological polar surface area (TPSA) is 42.0 Å². The molecular weight excluding hydrogens is 386 g/mol. The molecule has 0 aliphatic rings. The normalized spacial score (nSPS) is 10.3. The fraction of sp³-hybridized carbons (Fsp3) is 0. The van der Waals surface area contributed by atoms with Crippen molar-refractivity contribution in [1.82, 2.24) is 4.98 Å². The molecule has 3 nitrogen and oxygen atoms in total. The quantitative estimate of drug-likeness (QED) is 0.617. The molecule has 0 unspecified atom stereocenters. The summed E-state index contributed by atoms with van der Waals surface area (Å²) in [4.78, 5) is 15.8. The van der Waals surface area contributed by atoms with Crippen LogP contribution in [0.3, 0.4) is 0 Å². The fourth-order valence-corrected chi connectivity index (χ4v) is 2.11. The summed E-state index contributed by atoms with van der Waals surface area (Å²) in [5, 5.41) is 2.29. The first-order valence-corrected chi connectivity index (χ1v) is 6.64. The molecule has 1 N–H and O–H groups in total. The van der Waals surface area contributed by atoms with Crippen LogP contribution in [-0.2, 0) is 0 Å². The Morgan fingerprint density at radius 1 is 1.21 bits per heavy atom. The summed E-state index contributed by atoms with van der Waals surface area (Å²) in [5.74, 6) is -1.98. The highest BCUT2D eigenvalue weighted by molar-refractivity contribution is 9.10. The molecule has 0 aliphatic heterocycles. The minimum Gasteiger partial charge on any atom is -0.319 e. The molecule has 98 valence electrons. The summed E-state index contributed by atoms with van der Waals surface area (Å²) < 4.78 is 27.2. The minimum atomic E-state index is -0.735. The molecule has 0 saturated carbocycles. The van der Waals surface area contributed by atoms with E-state index in [0.717, 1.165) is 12.1 Å². The zero-order valence-corrected chi connectivity index (χ0v) is 12.4. The number of anilines is 1. The van der Waals surface area contributed by atoms with E-state index < -0.39 is 17.5 Å². The Morgan fingerprint density at radius 3 is 2.63 bits per heavy atom. The molecular formula is C12H6Br2F2N2O. The molecule has 0 saturated heterocycles. The highest BCUT2D eigenvalue weighted by Crippen LogP contribution is 2.24. The zero-order valence-electron chi connectivity index (χ0n) is 9.25. The Balaban J connectivity index is 2.30. The van der Waals surface area contributed by atoms with Gasteiger partial charge in [0.05, 0.1) is 15.7 Å². The maximum Gasteiger partial charge on any atom is 0.258 e. The van der Waals surface area contributed by atoms with Crippen molar-refractivity contribution in [3.8, 4) is 0 Å². The molecule has 1 heterocycles. The van der Waals surface area contributed by atoms with Gasteiger partial charge in [0.25, 0.3) is 5.91 Å². The molecule has 0 bridgehead atoms. The van der Waals surface area contributed by atoms with Gasteiger partial charge in [-0.15, -0.1) is 0 Å². The number of aromatic nitrogens is 1. The number of rotatable bonds is 2. The predicted molar refractivity (Wildman–Crippen MR) is 73.9 cm³/mol. The Kier molecular flexibility index (Phi) is 4.26. The van der Waals surface area contributed by atoms with Gasteiger partial charge in [0.1, 0.15) is 16.2 Å². The fourth-order valence-electron chi connectivity index (χ4n) is 1.36. The van der Waals surface area contributed by atoms with Gasteiger partial charge in [0.2, 0.25) is 0 Å². The Bertz CT molecular complexity index is 650. The summed E-state index contributed by atoms with van der Waals surface area (Å²) in [7, 11) is 0. The minimum absolute atomic E-state index is 0.00874. The lowest BCUT2D eigenvalue weighted by Gasteiger charge is -2.08. The average Bonchev–Trinajstić information content (AvgIpc) is 2.36. The van der Waals surface area contributed by atoms with Crippen LogP contribution in [0.25, 0.3) is 0 Å². The molecule has 2 rings (SSSR count). The lowest BCUT2D eigenvalue weighted by molar-refractivity contribution is 0.102. The first kappa shape index (κ1) is 14.1. The monoisotopic (exact) mass is 390 g/mol. The van der Waals surface area contributed by atoms with E-state index in [9.17, 15) is 13.6 Å². The van der Waals surface area contributed by atoms with Crippen LogP contribution in [0.1, 0.15) is 10.4 Å². The number of carbonyl (C=O) groups excluding carboxylic acids is 1. The van der Waals surface area contributed by atoms with Crippen LogP contribution in [0.5, 0.6) is 0 Å². The smallest absolute Gasteiger partial charge is 0.258 e. The predicted octanol–water partition coefficient (Wildman–Crippen LogP) is 4.14. The van der Waals surface area contributed by atoms with Gasteiger partial charge in [-0.1, -0.05) is 0 Å². The van der Waals surface area contributed by atoms with Crippen molar-refractivity contribution in [2.45, 2.75) is 0 Å². The van der Waals surface area contributed by atoms with Gasteiger partial charge < -0.3 is 5.32 Å². The van der Waals surface area contributed by atoms with Gasteiger partial charge in [-0.25, -0.2) is 13.8 Å². The standard InChI is InChI=1S/C12H6Br2F2N2O/c13-7-4-9(16)10(5-8(7)15)18-12(19)6-2-1-3-17-11(6)14/h1-5H,(H,18,19). The summed E-state index contributed by atoms with van der Waals surface area (Å²) in [6.07, 6.45) is 1.50. The summed E-state index contributed by atoms with van der Waals surface area (Å²) in [5.41, 5.74) is -0.00770. The Hall–Kier alpha value is -1.34. The number of benzene rings is 1. The van der Waals surface area contributed by atoms with Crippen LogP contribution in [-0.4, -0.2) is 10.9 Å². The van der Waals surface area contributed by atoms with Gasteiger partial charge in [0, 0.05) is 12.3 Å². The van der Waals surface area contributed by atoms with E-state index >= 15 is 0 Å². The number of pyridine rings is 1. The number of carbonyl (C=O) groups is 1. The Morgan fingerprint density at radius 2 is 1.95 bits per heavy atom. The highest BCUT2D eigenvalue weighted by Gasteiger charge is 2.14. The molecule has 1 amide bonds. The van der Waals surface area contributed by atoms with E-state index in [1.165, 1.54) is 12.3 Å². The number of nitrogens with zero attached hydrogens (tertiary/aromatic N) is 1. The van der Waals surface area contributed by atoms with Crippen LogP contribution in [0.2, 0.25) is 0 Å². The molecule has 0 radical (unpaired) electrons. The summed E-state index contributed by atoms with van der Waals surface area (Å²) in [6, 6.07) is 4.93. The molecule has 2 aromatic rings. The molecule has 0 spiro atoms. The second kappa shape index (κ2) is 5.75. The third kappa shape index (κ3) is 3.16. The van der Waals surface area contributed by atoms with Crippen LogP contribution >= 0.6 is 31.9 Å². The second-order valence-corrected chi connectivity index (χ2v) is 5.15. The van der Waals surface area contributed by atoms with Crippen molar-refractivity contribution in [2.75, 3.05) is 5.32 Å². The van der Waals surface area contributed by atoms with Crippen LogP contribution in [0, 0.1) is 11.6 Å². The van der Waals surface area contributed by atoms with E-state index in [0.29, 0.717) is 4.60 Å². The molecule has 1 aromatic carbocycles. The van der Waals surface area contributed by atoms with E-state index in [-0.39, 0.29) is 15.7 Å². The van der Waals surface area contributed by atoms with Crippen molar-refractivity contribution in [2.24, 2.45) is 0 Å². The molecule has 1 aromatic heterocycles. The summed E-state index contributed by atoms with van der Waals surface area (Å²) in [6.45, 7) is 0. The molecule has 0 aliphatic carbocycles. The lowest BCUT2D eigenvalue weighted by Crippen LogP contribution is -2.14. The van der Waals surface area contributed by atoms with Crippen molar-refractivity contribution < 1.29 is 13.6 Å². The van der Waals surface area contributed by atoms with E-state index in [2.05, 4.69) is 42.2 Å². The third-order valence-corrected chi connectivity index (χ3v) is 3.50. The van der Waals surface area contributed by atoms with Gasteiger partial charge in [-0.05, 0) is 50.1 Å². The maximum atomic E-state index is 13.6. The van der Waals surface area contributed by atoms with Gasteiger partial charge in [0.15, 0.2) is 0 Å². The summed E-state index contributed by atoms with van der Waals surface area (Å²) >= 11 is 5.97. The van der Waals surface area contributed by atoms with Gasteiger partial charge >= 0.3 is 0 Å². The molecule has 0 atom stereocenters. The maximum absolute atomic E-state index is 13.6. The SMILES string of the molecule is O=C(Nc1cc(F)c(Br)cc1F)c1cccnc1Br. The van der Waals surface area contributed by atoms with E-state index in [1.807, 2.05) is 0 Å². The second-order valence-electron chi connectivity index (χ2n) is 3.54. The van der Waals surface area contributed by atoms with Crippen molar-refractivity contribution in [1.29, 1.82) is 0 Å².